The van der Waals surface area contributed by atoms with Crippen LogP contribution in [-0.2, 0) is 42.6 Å². The van der Waals surface area contributed by atoms with Crippen molar-refractivity contribution in [2.75, 3.05) is 59.5 Å². The third-order valence-corrected chi connectivity index (χ3v) is 36.4. The van der Waals surface area contributed by atoms with Crippen molar-refractivity contribution in [2.24, 2.45) is 131 Å². The second-order valence-corrected chi connectivity index (χ2v) is 45.7. The van der Waals surface area contributed by atoms with E-state index in [2.05, 4.69) is 152 Å². The second-order valence-electron chi connectivity index (χ2n) is 45.7. The van der Waals surface area contributed by atoms with Gasteiger partial charge in [-0.25, -0.2) is 0 Å². The van der Waals surface area contributed by atoms with Crippen LogP contribution < -0.4 is 0 Å². The van der Waals surface area contributed by atoms with Crippen molar-refractivity contribution in [2.45, 2.75) is 464 Å². The molecule has 12 bridgehead atoms. The number of hydrogen-bond donors (Lipinski definition) is 0. The molecule has 9 nitrogen and oxygen atoms in total. The Morgan fingerprint density at radius 3 is 0.946 bits per heavy atom. The van der Waals surface area contributed by atoms with E-state index in [9.17, 15) is 0 Å². The highest BCUT2D eigenvalue weighted by molar-refractivity contribution is 5.14. The minimum Gasteiger partial charge on any atom is -0.378 e. The number of rotatable bonds is 18. The molecule has 21 saturated carbocycles. The summed E-state index contributed by atoms with van der Waals surface area (Å²) in [5.74, 6) is 12.1. The Bertz CT molecular complexity index is 2700. The van der Waals surface area contributed by atoms with Crippen molar-refractivity contribution in [3.05, 3.63) is 0 Å². The zero-order valence-corrected chi connectivity index (χ0v) is 78.0. The zero-order chi connectivity index (χ0) is 80.7. The van der Waals surface area contributed by atoms with Crippen molar-refractivity contribution < 1.29 is 42.6 Å². The van der Waals surface area contributed by atoms with Crippen LogP contribution in [0.5, 0.6) is 0 Å². The van der Waals surface area contributed by atoms with Gasteiger partial charge in [0.15, 0.2) is 0 Å². The molecule has 21 fully saturated rings. The first-order chi connectivity index (χ1) is 53.4. The number of ether oxygens (including phenoxy) is 9. The van der Waals surface area contributed by atoms with Crippen molar-refractivity contribution >= 4 is 0 Å². The van der Waals surface area contributed by atoms with Gasteiger partial charge in [-0.3, -0.25) is 0 Å². The van der Waals surface area contributed by atoms with Gasteiger partial charge >= 0.3 is 0 Å². The Labute approximate surface area is 693 Å². The highest BCUT2D eigenvalue weighted by atomic mass is 16.5. The normalized spacial score (nSPS) is 41.7. The van der Waals surface area contributed by atoms with Crippen LogP contribution in [0.4, 0.5) is 0 Å². The Balaban J connectivity index is 0.000000125. The van der Waals surface area contributed by atoms with Crippen LogP contribution in [0.1, 0.15) is 409 Å². The SMILES string of the molecule is CCOC1C(C)(C)CCC12CC2.CCOC1C(C)(C)CCC12CCC2.CCOC1C(C)(C)CCC12CCCC2.CCOC1C2CC(C3CCCC32)C1(C)C.CCOC1C2CCC(CC2)C1(C)C.CCOC1C2CCC1(C)CC2(C)C.CCOC1C2CCC1C2.CCOC1C2CCCC1CC2.CCOC1C2CCCC1CCC2. The highest BCUT2D eigenvalue weighted by Crippen LogP contribution is 2.69. The lowest BCUT2D eigenvalue weighted by atomic mass is 9.56. The quantitative estimate of drug-likeness (QED) is 0.133. The molecule has 0 N–H and O–H groups in total. The summed E-state index contributed by atoms with van der Waals surface area (Å²) in [6, 6.07) is 0. The molecule has 3 spiro atoms. The molecule has 21 aliphatic rings. The maximum absolute atomic E-state index is 6.06. The Morgan fingerprint density at radius 2 is 0.580 bits per heavy atom. The van der Waals surface area contributed by atoms with Gasteiger partial charge in [0.2, 0.25) is 0 Å². The summed E-state index contributed by atoms with van der Waals surface area (Å²) >= 11 is 0. The molecule has 16 unspecified atom stereocenters. The van der Waals surface area contributed by atoms with E-state index in [0.717, 1.165) is 136 Å². The fraction of sp³-hybridized carbons (Fsp3) is 1.00. The summed E-state index contributed by atoms with van der Waals surface area (Å²) in [5, 5.41) is 0. The van der Waals surface area contributed by atoms with Gasteiger partial charge in [0.05, 0.1) is 54.9 Å². The maximum atomic E-state index is 6.06. The first-order valence-corrected chi connectivity index (χ1v) is 49.9. The van der Waals surface area contributed by atoms with Gasteiger partial charge in [-0.05, 0) is 405 Å². The summed E-state index contributed by atoms with van der Waals surface area (Å²) in [4.78, 5) is 0. The molecule has 0 aromatic rings. The van der Waals surface area contributed by atoms with Crippen molar-refractivity contribution in [3.63, 3.8) is 0 Å². The van der Waals surface area contributed by atoms with Crippen LogP contribution >= 0.6 is 0 Å². The van der Waals surface area contributed by atoms with Crippen molar-refractivity contribution in [1.82, 2.24) is 0 Å². The van der Waals surface area contributed by atoms with E-state index in [1.54, 1.807) is 0 Å². The first kappa shape index (κ1) is 92.4. The zero-order valence-electron chi connectivity index (χ0n) is 78.0. The summed E-state index contributed by atoms with van der Waals surface area (Å²) in [6.07, 6.45) is 62.3. The minimum atomic E-state index is 0.417. The molecule has 21 aliphatic carbocycles. The van der Waals surface area contributed by atoms with E-state index in [-0.39, 0.29) is 0 Å². The average Bonchev–Trinajstić information content (AvgIpc) is 1.58. The molecule has 0 aromatic carbocycles. The van der Waals surface area contributed by atoms with Crippen LogP contribution in [0.3, 0.4) is 0 Å². The van der Waals surface area contributed by atoms with Gasteiger partial charge in [-0.15, -0.1) is 0 Å². The van der Waals surface area contributed by atoms with E-state index >= 15 is 0 Å². The predicted molar refractivity (Wildman–Crippen MR) is 467 cm³/mol. The van der Waals surface area contributed by atoms with E-state index in [1.807, 2.05) is 0 Å². The first-order valence-electron chi connectivity index (χ1n) is 49.9. The van der Waals surface area contributed by atoms with Crippen LogP contribution in [0.2, 0.25) is 0 Å². The lowest BCUT2D eigenvalue weighted by Crippen LogP contribution is -2.51. The molecular formula is C103H186O9. The van der Waals surface area contributed by atoms with Gasteiger partial charge in [0.1, 0.15) is 0 Å². The highest BCUT2D eigenvalue weighted by Gasteiger charge is 2.65. The minimum absolute atomic E-state index is 0.417. The summed E-state index contributed by atoms with van der Waals surface area (Å²) in [7, 11) is 0. The molecule has 0 radical (unpaired) electrons. The molecule has 0 saturated heterocycles. The molecule has 0 aliphatic heterocycles. The fourth-order valence-corrected chi connectivity index (χ4v) is 31.0. The fourth-order valence-electron chi connectivity index (χ4n) is 31.0. The number of hydrogen-bond acceptors (Lipinski definition) is 9. The van der Waals surface area contributed by atoms with Crippen LogP contribution in [-0.4, -0.2) is 114 Å². The molecule has 9 heteroatoms. The van der Waals surface area contributed by atoms with E-state index < -0.39 is 0 Å². The van der Waals surface area contributed by atoms with Gasteiger partial charge in [0.25, 0.3) is 0 Å². The van der Waals surface area contributed by atoms with Crippen molar-refractivity contribution in [1.29, 1.82) is 0 Å². The Morgan fingerprint density at radius 1 is 0.232 bits per heavy atom. The molecule has 0 aromatic heterocycles. The van der Waals surface area contributed by atoms with E-state index in [4.69, 9.17) is 42.6 Å². The molecule has 112 heavy (non-hydrogen) atoms. The molecule has 652 valence electrons. The standard InChI is InChI=1S/C14H24O.C13H24O.3C12H22O.2C11H20O.C10H18O.C8H14O/c1-4-15-13-11-8-12(14(13,2)3)10-7-5-6-9(10)11;1-4-14-11-12(2,3)9-10-13(11)7-5-6-8-13;1-5-13-10-9-6-7-12(10,4)8-11(9,2)3;1-4-13-11-9-5-7-10(8-6-9)12(11,2)3;1-4-13-10-11(2,3)8-9-12(10)6-5-7-12;1-4-12-9-10(2,3)5-6-11(9)7-8-11;1-2-12-11-9-5-3-6-10(11)8-4-7-9;1-2-11-10-8-4-3-5-9(10)7-6-8;1-2-9-8-6-3-4-7(8)5-6/h9-13H,4-8H2,1-3H3;11H,4-10H2,1-3H3;9-10H,5-8H2,1-4H3;9-11H,4-8H2,1-3H3;10H,4-9H2,1-3H3;9H,4-8H2,1-3H3;9-11H,2-8H2,1H3;8-10H,2-7H2,1H3;6-8H,2-5H2,1H3. The molecule has 21 rings (SSSR count). The second kappa shape index (κ2) is 39.4. The van der Waals surface area contributed by atoms with Crippen molar-refractivity contribution in [3.8, 4) is 0 Å². The summed E-state index contributed by atoms with van der Waals surface area (Å²) in [5.41, 5.74) is 4.97. The van der Waals surface area contributed by atoms with Gasteiger partial charge < -0.3 is 42.6 Å². The van der Waals surface area contributed by atoms with Gasteiger partial charge in [-0.1, -0.05) is 135 Å². The monoisotopic (exact) mass is 1570 g/mol. The van der Waals surface area contributed by atoms with Crippen LogP contribution in [0.25, 0.3) is 0 Å². The average molecular weight is 1570 g/mol. The third kappa shape index (κ3) is 20.1. The largest absolute Gasteiger partial charge is 0.378 e. The number of fused-ring (bicyclic) bond motifs is 15. The van der Waals surface area contributed by atoms with Gasteiger partial charge in [-0.2, -0.15) is 0 Å². The summed E-state index contributed by atoms with van der Waals surface area (Å²) in [6.45, 7) is 58.4. The van der Waals surface area contributed by atoms with Crippen LogP contribution in [0, 0.1) is 131 Å². The lowest BCUT2D eigenvalue weighted by molar-refractivity contribution is -0.139. The molecule has 0 heterocycles. The smallest absolute Gasteiger partial charge is 0.0681 e. The van der Waals surface area contributed by atoms with E-state index in [0.29, 0.717) is 109 Å². The molecule has 0 amide bonds. The molecule has 16 atom stereocenters. The third-order valence-electron chi connectivity index (χ3n) is 36.4. The molecular weight excluding hydrogens is 1380 g/mol. The summed E-state index contributed by atoms with van der Waals surface area (Å²) < 4.78 is 53.0. The topological polar surface area (TPSA) is 83.1 Å². The maximum Gasteiger partial charge on any atom is 0.0681 e. The Kier molecular flexibility index (Phi) is 32.5. The van der Waals surface area contributed by atoms with Gasteiger partial charge in [0, 0.05) is 59.5 Å². The lowest BCUT2D eigenvalue weighted by Gasteiger charge is -2.53. The van der Waals surface area contributed by atoms with Crippen LogP contribution in [0.15, 0.2) is 0 Å². The Hall–Kier alpha value is -0.360. The van der Waals surface area contributed by atoms with E-state index in [1.165, 1.54) is 257 Å². The predicted octanol–water partition coefficient (Wildman–Crippen LogP) is 27.5.